The Balaban J connectivity index is 2.09. The number of para-hydroxylation sites is 1. The molecule has 0 unspecified atom stereocenters. The number of aromatic nitrogens is 3. The third-order valence-electron chi connectivity index (χ3n) is 3.67. The van der Waals surface area contributed by atoms with E-state index in [1.807, 2.05) is 28.9 Å². The van der Waals surface area contributed by atoms with E-state index in [-0.39, 0.29) is 12.1 Å². The van der Waals surface area contributed by atoms with Crippen LogP contribution in [0.2, 0.25) is 0 Å². The SMILES string of the molecule is CCn1nc(Cn2cccc(CN)c2=O)c2ccccc21. The molecule has 0 aliphatic rings. The molecule has 0 amide bonds. The Bertz CT molecular complexity index is 832. The van der Waals surface area contributed by atoms with E-state index in [0.29, 0.717) is 12.1 Å². The van der Waals surface area contributed by atoms with Gasteiger partial charge in [-0.15, -0.1) is 0 Å². The number of pyridine rings is 1. The van der Waals surface area contributed by atoms with Gasteiger partial charge >= 0.3 is 0 Å². The minimum atomic E-state index is -0.0462. The summed E-state index contributed by atoms with van der Waals surface area (Å²) in [5, 5.41) is 5.71. The molecule has 0 radical (unpaired) electrons. The Morgan fingerprint density at radius 3 is 2.76 bits per heavy atom. The summed E-state index contributed by atoms with van der Waals surface area (Å²) >= 11 is 0. The molecule has 2 aromatic heterocycles. The van der Waals surface area contributed by atoms with Crippen LogP contribution in [0.15, 0.2) is 47.4 Å². The number of hydrogen-bond acceptors (Lipinski definition) is 3. The highest BCUT2D eigenvalue weighted by molar-refractivity contribution is 5.81. The number of fused-ring (bicyclic) bond motifs is 1. The fourth-order valence-corrected chi connectivity index (χ4v) is 2.58. The molecule has 0 saturated heterocycles. The zero-order valence-electron chi connectivity index (χ0n) is 12.0. The molecule has 108 valence electrons. The normalized spacial score (nSPS) is 11.1. The molecule has 0 aliphatic heterocycles. The van der Waals surface area contributed by atoms with Gasteiger partial charge in [0.15, 0.2) is 0 Å². The second-order valence-electron chi connectivity index (χ2n) is 4.95. The van der Waals surface area contributed by atoms with E-state index in [9.17, 15) is 4.79 Å². The van der Waals surface area contributed by atoms with Crippen LogP contribution in [-0.2, 0) is 19.6 Å². The van der Waals surface area contributed by atoms with Crippen molar-refractivity contribution in [1.29, 1.82) is 0 Å². The van der Waals surface area contributed by atoms with Crippen molar-refractivity contribution >= 4 is 10.9 Å². The van der Waals surface area contributed by atoms with Gasteiger partial charge < -0.3 is 10.3 Å². The van der Waals surface area contributed by atoms with Gasteiger partial charge in [-0.2, -0.15) is 5.10 Å². The lowest BCUT2D eigenvalue weighted by Crippen LogP contribution is -2.25. The van der Waals surface area contributed by atoms with E-state index < -0.39 is 0 Å². The predicted molar refractivity (Wildman–Crippen MR) is 83.1 cm³/mol. The van der Waals surface area contributed by atoms with Crippen LogP contribution in [0, 0.1) is 0 Å². The summed E-state index contributed by atoms with van der Waals surface area (Å²) < 4.78 is 3.62. The van der Waals surface area contributed by atoms with Crippen molar-refractivity contribution < 1.29 is 0 Å². The lowest BCUT2D eigenvalue weighted by Gasteiger charge is -2.05. The molecule has 0 fully saturated rings. The first-order chi connectivity index (χ1) is 10.2. The van der Waals surface area contributed by atoms with Gasteiger partial charge in [0.05, 0.1) is 17.8 Å². The Kier molecular flexibility index (Phi) is 3.58. The molecule has 21 heavy (non-hydrogen) atoms. The van der Waals surface area contributed by atoms with Crippen LogP contribution in [0.25, 0.3) is 10.9 Å². The first-order valence-electron chi connectivity index (χ1n) is 7.07. The maximum Gasteiger partial charge on any atom is 0.255 e. The smallest absolute Gasteiger partial charge is 0.255 e. The van der Waals surface area contributed by atoms with E-state index in [0.717, 1.165) is 23.1 Å². The summed E-state index contributed by atoms with van der Waals surface area (Å²) in [6.07, 6.45) is 1.78. The summed E-state index contributed by atoms with van der Waals surface area (Å²) in [5.41, 5.74) is 8.17. The highest BCUT2D eigenvalue weighted by Crippen LogP contribution is 2.18. The topological polar surface area (TPSA) is 65.8 Å². The van der Waals surface area contributed by atoms with Crippen LogP contribution in [0.3, 0.4) is 0 Å². The van der Waals surface area contributed by atoms with E-state index in [1.54, 1.807) is 16.8 Å². The van der Waals surface area contributed by atoms with Gasteiger partial charge in [-0.25, -0.2) is 0 Å². The number of benzene rings is 1. The fraction of sp³-hybridized carbons (Fsp3) is 0.250. The number of hydrogen-bond donors (Lipinski definition) is 1. The minimum absolute atomic E-state index is 0.0462. The van der Waals surface area contributed by atoms with Crippen LogP contribution >= 0.6 is 0 Å². The van der Waals surface area contributed by atoms with E-state index in [4.69, 9.17) is 5.73 Å². The summed E-state index contributed by atoms with van der Waals surface area (Å²) in [4.78, 5) is 12.3. The fourth-order valence-electron chi connectivity index (χ4n) is 2.58. The van der Waals surface area contributed by atoms with Gasteiger partial charge in [0, 0.05) is 30.2 Å². The first-order valence-corrected chi connectivity index (χ1v) is 7.07. The lowest BCUT2D eigenvalue weighted by molar-refractivity contribution is 0.646. The van der Waals surface area contributed by atoms with Gasteiger partial charge in [-0.05, 0) is 19.1 Å². The highest BCUT2D eigenvalue weighted by atomic mass is 16.1. The molecule has 5 heteroatoms. The van der Waals surface area contributed by atoms with Gasteiger partial charge in [0.1, 0.15) is 0 Å². The maximum atomic E-state index is 12.3. The summed E-state index contributed by atoms with van der Waals surface area (Å²) in [6.45, 7) is 3.58. The van der Waals surface area contributed by atoms with Crippen molar-refractivity contribution in [3.63, 3.8) is 0 Å². The summed E-state index contributed by atoms with van der Waals surface area (Å²) in [5.74, 6) is 0. The Morgan fingerprint density at radius 2 is 2.00 bits per heavy atom. The van der Waals surface area contributed by atoms with Crippen LogP contribution in [0.1, 0.15) is 18.2 Å². The van der Waals surface area contributed by atoms with Crippen molar-refractivity contribution in [1.82, 2.24) is 14.3 Å². The molecule has 0 aliphatic carbocycles. The third-order valence-corrected chi connectivity index (χ3v) is 3.67. The van der Waals surface area contributed by atoms with Crippen molar-refractivity contribution in [2.24, 2.45) is 5.73 Å². The number of rotatable bonds is 4. The summed E-state index contributed by atoms with van der Waals surface area (Å²) in [7, 11) is 0. The van der Waals surface area contributed by atoms with E-state index >= 15 is 0 Å². The van der Waals surface area contributed by atoms with Gasteiger partial charge in [-0.3, -0.25) is 9.48 Å². The molecule has 0 atom stereocenters. The van der Waals surface area contributed by atoms with Crippen molar-refractivity contribution in [3.8, 4) is 0 Å². The van der Waals surface area contributed by atoms with Crippen molar-refractivity contribution in [3.05, 3.63) is 64.2 Å². The number of nitrogens with zero attached hydrogens (tertiary/aromatic N) is 3. The van der Waals surface area contributed by atoms with Gasteiger partial charge in [0.25, 0.3) is 5.56 Å². The Labute approximate surface area is 122 Å². The van der Waals surface area contributed by atoms with Crippen LogP contribution in [0.5, 0.6) is 0 Å². The molecule has 3 rings (SSSR count). The molecular weight excluding hydrogens is 264 g/mol. The highest BCUT2D eigenvalue weighted by Gasteiger charge is 2.10. The molecule has 1 aromatic carbocycles. The second-order valence-corrected chi connectivity index (χ2v) is 4.95. The van der Waals surface area contributed by atoms with Crippen molar-refractivity contribution in [2.75, 3.05) is 0 Å². The van der Waals surface area contributed by atoms with E-state index in [2.05, 4.69) is 18.1 Å². The number of nitrogens with two attached hydrogens (primary N) is 1. The molecular formula is C16H18N4O. The van der Waals surface area contributed by atoms with Gasteiger partial charge in [0.2, 0.25) is 0 Å². The van der Waals surface area contributed by atoms with Crippen molar-refractivity contribution in [2.45, 2.75) is 26.6 Å². The Morgan fingerprint density at radius 1 is 1.19 bits per heavy atom. The minimum Gasteiger partial charge on any atom is -0.326 e. The quantitative estimate of drug-likeness (QED) is 0.792. The Hall–Kier alpha value is -2.40. The van der Waals surface area contributed by atoms with Gasteiger partial charge in [-0.1, -0.05) is 24.3 Å². The third kappa shape index (κ3) is 2.36. The van der Waals surface area contributed by atoms with Crippen LogP contribution in [0.4, 0.5) is 0 Å². The molecule has 0 bridgehead atoms. The summed E-state index contributed by atoms with van der Waals surface area (Å²) in [6, 6.07) is 11.7. The predicted octanol–water partition coefficient (Wildman–Crippen LogP) is 1.72. The second kappa shape index (κ2) is 5.54. The first kappa shape index (κ1) is 13.6. The average Bonchev–Trinajstić information content (AvgIpc) is 2.87. The molecule has 0 spiro atoms. The molecule has 3 aromatic rings. The zero-order chi connectivity index (χ0) is 14.8. The standard InChI is InChI=1S/C16H18N4O/c1-2-20-15-8-4-3-7-13(15)14(18-20)11-19-9-5-6-12(10-17)16(19)21/h3-9H,2,10-11,17H2,1H3. The van der Waals surface area contributed by atoms with E-state index in [1.165, 1.54) is 0 Å². The molecule has 5 nitrogen and oxygen atoms in total. The monoisotopic (exact) mass is 282 g/mol. The molecule has 2 heterocycles. The average molecular weight is 282 g/mol. The number of aryl methyl sites for hydroxylation is 1. The lowest BCUT2D eigenvalue weighted by atomic mass is 10.2. The molecule has 2 N–H and O–H groups in total. The van der Waals surface area contributed by atoms with Crippen LogP contribution < -0.4 is 11.3 Å². The van der Waals surface area contributed by atoms with Crippen LogP contribution in [-0.4, -0.2) is 14.3 Å². The molecule has 0 saturated carbocycles. The zero-order valence-corrected chi connectivity index (χ0v) is 12.0. The maximum absolute atomic E-state index is 12.3. The largest absolute Gasteiger partial charge is 0.326 e.